The zero-order valence-electron chi connectivity index (χ0n) is 18.2. The third kappa shape index (κ3) is 4.57. The van der Waals surface area contributed by atoms with Crippen molar-refractivity contribution in [1.82, 2.24) is 20.0 Å². The molecule has 0 spiro atoms. The number of hydrogen-bond donors (Lipinski definition) is 2. The lowest BCUT2D eigenvalue weighted by atomic mass is 10.2. The van der Waals surface area contributed by atoms with Gasteiger partial charge in [0.05, 0.1) is 11.1 Å². The largest absolute Gasteiger partial charge is 0.419 e. The van der Waals surface area contributed by atoms with Gasteiger partial charge in [-0.1, -0.05) is 12.1 Å². The average molecular weight is 450 g/mol. The highest BCUT2D eigenvalue weighted by Gasteiger charge is 2.17. The van der Waals surface area contributed by atoms with Gasteiger partial charge in [-0.2, -0.15) is 0 Å². The Labute approximate surface area is 188 Å². The molecule has 2 aromatic carbocycles. The van der Waals surface area contributed by atoms with E-state index in [4.69, 9.17) is 4.42 Å². The summed E-state index contributed by atoms with van der Waals surface area (Å²) in [4.78, 5) is 36.8. The van der Waals surface area contributed by atoms with Gasteiger partial charge in [0.15, 0.2) is 5.58 Å². The molecule has 4 aromatic rings. The summed E-state index contributed by atoms with van der Waals surface area (Å²) in [5.74, 6) is -1.65. The van der Waals surface area contributed by atoms with E-state index in [0.29, 0.717) is 35.3 Å². The number of aryl methyl sites for hydroxylation is 2. The van der Waals surface area contributed by atoms with Crippen molar-refractivity contribution in [2.24, 2.45) is 0 Å². The SMILES string of the molecule is Cc1cc(C(=O)NNC(=O)CCCn2c(=O)oc3ccccc32)c(C)n1-c1ccc(F)cc1. The number of aromatic nitrogens is 2. The Hall–Kier alpha value is -4.14. The van der Waals surface area contributed by atoms with Crippen LogP contribution in [0.25, 0.3) is 16.8 Å². The molecular weight excluding hydrogens is 427 g/mol. The van der Waals surface area contributed by atoms with Gasteiger partial charge in [-0.3, -0.25) is 25.0 Å². The van der Waals surface area contributed by atoms with Crippen LogP contribution >= 0.6 is 0 Å². The molecule has 0 radical (unpaired) electrons. The van der Waals surface area contributed by atoms with Crippen LogP contribution in [0.5, 0.6) is 0 Å². The minimum atomic E-state index is -0.471. The van der Waals surface area contributed by atoms with Crippen LogP contribution in [0.1, 0.15) is 34.6 Å². The monoisotopic (exact) mass is 450 g/mol. The number of carbonyl (C=O) groups excluding carboxylic acids is 2. The molecule has 0 fully saturated rings. The van der Waals surface area contributed by atoms with Gasteiger partial charge in [0.1, 0.15) is 5.82 Å². The van der Waals surface area contributed by atoms with Crippen LogP contribution < -0.4 is 16.6 Å². The van der Waals surface area contributed by atoms with Gasteiger partial charge in [-0.15, -0.1) is 0 Å². The van der Waals surface area contributed by atoms with Crippen molar-refractivity contribution in [3.63, 3.8) is 0 Å². The standard InChI is InChI=1S/C24H23FN4O4/c1-15-14-19(16(2)29(15)18-11-9-17(25)10-12-18)23(31)27-26-22(30)8-5-13-28-20-6-3-4-7-21(20)33-24(28)32/h3-4,6-7,9-12,14H,5,8,13H2,1-2H3,(H,26,30)(H,27,31). The fourth-order valence-corrected chi connectivity index (χ4v) is 3.86. The van der Waals surface area contributed by atoms with Crippen LogP contribution in [-0.2, 0) is 11.3 Å². The summed E-state index contributed by atoms with van der Waals surface area (Å²) in [6.45, 7) is 3.93. The number of nitrogens with one attached hydrogen (secondary N) is 2. The second kappa shape index (κ2) is 9.15. The first-order valence-electron chi connectivity index (χ1n) is 10.5. The Balaban J connectivity index is 1.34. The first kappa shape index (κ1) is 22.1. The van der Waals surface area contributed by atoms with Gasteiger partial charge >= 0.3 is 5.76 Å². The third-order valence-electron chi connectivity index (χ3n) is 5.44. The second-order valence-electron chi connectivity index (χ2n) is 7.69. The zero-order valence-corrected chi connectivity index (χ0v) is 18.2. The number of halogens is 1. The molecule has 0 saturated heterocycles. The Morgan fingerprint density at radius 2 is 1.76 bits per heavy atom. The van der Waals surface area contributed by atoms with Crippen LogP contribution in [0.3, 0.4) is 0 Å². The summed E-state index contributed by atoms with van der Waals surface area (Å²) in [5.41, 5.74) is 8.60. The van der Waals surface area contributed by atoms with Crippen molar-refractivity contribution in [2.45, 2.75) is 33.2 Å². The maximum atomic E-state index is 13.2. The summed E-state index contributed by atoms with van der Waals surface area (Å²) in [7, 11) is 0. The number of amides is 2. The fraction of sp³-hybridized carbons (Fsp3) is 0.208. The zero-order chi connectivity index (χ0) is 23.5. The van der Waals surface area contributed by atoms with Crippen LogP contribution in [-0.4, -0.2) is 20.9 Å². The molecule has 0 aliphatic carbocycles. The molecule has 33 heavy (non-hydrogen) atoms. The number of para-hydroxylation sites is 2. The normalized spacial score (nSPS) is 11.0. The van der Waals surface area contributed by atoms with E-state index in [1.54, 1.807) is 43.3 Å². The molecule has 0 bridgehead atoms. The lowest BCUT2D eigenvalue weighted by Crippen LogP contribution is -2.41. The van der Waals surface area contributed by atoms with E-state index in [1.165, 1.54) is 16.7 Å². The first-order chi connectivity index (χ1) is 15.8. The summed E-state index contributed by atoms with van der Waals surface area (Å²) in [5, 5.41) is 0. The summed E-state index contributed by atoms with van der Waals surface area (Å²) in [6, 6.07) is 14.8. The highest BCUT2D eigenvalue weighted by atomic mass is 19.1. The number of nitrogens with zero attached hydrogens (tertiary/aromatic N) is 2. The predicted molar refractivity (Wildman–Crippen MR) is 121 cm³/mol. The topological polar surface area (TPSA) is 98.3 Å². The van der Waals surface area contributed by atoms with Gasteiger partial charge < -0.3 is 8.98 Å². The minimum absolute atomic E-state index is 0.112. The number of benzene rings is 2. The molecule has 0 saturated carbocycles. The summed E-state index contributed by atoms with van der Waals surface area (Å²) in [6.07, 6.45) is 0.505. The van der Waals surface area contributed by atoms with Gasteiger partial charge in [0, 0.05) is 30.0 Å². The van der Waals surface area contributed by atoms with Crippen molar-refractivity contribution in [3.05, 3.63) is 87.9 Å². The smallest absolute Gasteiger partial charge is 0.408 e. The molecule has 2 N–H and O–H groups in total. The van der Waals surface area contributed by atoms with Crippen LogP contribution in [0.15, 0.2) is 63.8 Å². The van der Waals surface area contributed by atoms with Crippen LogP contribution in [0.2, 0.25) is 0 Å². The molecule has 0 aliphatic rings. The molecule has 0 unspecified atom stereocenters. The lowest BCUT2D eigenvalue weighted by Gasteiger charge is -2.10. The van der Waals surface area contributed by atoms with Gasteiger partial charge in [-0.05, 0) is 62.7 Å². The van der Waals surface area contributed by atoms with Gasteiger partial charge in [0.25, 0.3) is 5.91 Å². The van der Waals surface area contributed by atoms with Gasteiger partial charge in [-0.25, -0.2) is 9.18 Å². The highest BCUT2D eigenvalue weighted by molar-refractivity contribution is 5.97. The molecule has 2 amide bonds. The van der Waals surface area contributed by atoms with E-state index in [0.717, 1.165) is 11.4 Å². The van der Waals surface area contributed by atoms with Crippen molar-refractivity contribution in [3.8, 4) is 5.69 Å². The Morgan fingerprint density at radius 3 is 2.52 bits per heavy atom. The molecule has 0 aliphatic heterocycles. The Bertz CT molecular complexity index is 1380. The maximum absolute atomic E-state index is 13.2. The molecule has 2 aromatic heterocycles. The number of oxazole rings is 1. The molecular formula is C24H23FN4O4. The minimum Gasteiger partial charge on any atom is -0.408 e. The molecule has 2 heterocycles. The van der Waals surface area contributed by atoms with E-state index >= 15 is 0 Å². The van der Waals surface area contributed by atoms with E-state index in [9.17, 15) is 18.8 Å². The molecule has 8 nitrogen and oxygen atoms in total. The summed E-state index contributed by atoms with van der Waals surface area (Å²) >= 11 is 0. The van der Waals surface area contributed by atoms with Crippen LogP contribution in [0, 0.1) is 19.7 Å². The van der Waals surface area contributed by atoms with Crippen molar-refractivity contribution < 1.29 is 18.4 Å². The average Bonchev–Trinajstić information content (AvgIpc) is 3.28. The van der Waals surface area contributed by atoms with E-state index in [-0.39, 0.29) is 18.1 Å². The number of rotatable bonds is 6. The fourth-order valence-electron chi connectivity index (χ4n) is 3.86. The Kier molecular flexibility index (Phi) is 6.12. The predicted octanol–water partition coefficient (Wildman–Crippen LogP) is 3.38. The van der Waals surface area contributed by atoms with Crippen LogP contribution in [0.4, 0.5) is 4.39 Å². The van der Waals surface area contributed by atoms with Crippen molar-refractivity contribution in [2.75, 3.05) is 0 Å². The number of fused-ring (bicyclic) bond motifs is 1. The number of carbonyl (C=O) groups is 2. The summed E-state index contributed by atoms with van der Waals surface area (Å²) < 4.78 is 21.7. The Morgan fingerprint density at radius 1 is 1.03 bits per heavy atom. The third-order valence-corrected chi connectivity index (χ3v) is 5.44. The highest BCUT2D eigenvalue weighted by Crippen LogP contribution is 2.21. The first-order valence-corrected chi connectivity index (χ1v) is 10.5. The second-order valence-corrected chi connectivity index (χ2v) is 7.69. The maximum Gasteiger partial charge on any atom is 0.419 e. The molecule has 0 atom stereocenters. The van der Waals surface area contributed by atoms with E-state index < -0.39 is 11.7 Å². The number of hydrazine groups is 1. The van der Waals surface area contributed by atoms with E-state index in [2.05, 4.69) is 10.9 Å². The van der Waals surface area contributed by atoms with Crippen molar-refractivity contribution in [1.29, 1.82) is 0 Å². The molecule has 9 heteroatoms. The molecule has 170 valence electrons. The van der Waals surface area contributed by atoms with Crippen molar-refractivity contribution >= 4 is 22.9 Å². The lowest BCUT2D eigenvalue weighted by molar-refractivity contribution is -0.122. The van der Waals surface area contributed by atoms with Gasteiger partial charge in [0.2, 0.25) is 5.91 Å². The van der Waals surface area contributed by atoms with E-state index in [1.807, 2.05) is 17.6 Å². The quantitative estimate of drug-likeness (QED) is 0.440. The number of hydrogen-bond acceptors (Lipinski definition) is 4. The molecule has 4 rings (SSSR count).